The van der Waals surface area contributed by atoms with Crippen LogP contribution in [0.2, 0.25) is 15.1 Å². The van der Waals surface area contributed by atoms with Crippen molar-refractivity contribution >= 4 is 100 Å². The molecule has 5 N–H and O–H groups in total. The van der Waals surface area contributed by atoms with Gasteiger partial charge in [0.2, 0.25) is 5.89 Å². The number of halogens is 3. The number of hydrogen-bond acceptors (Lipinski definition) is 24. The van der Waals surface area contributed by atoms with Gasteiger partial charge in [0, 0.05) is 67.2 Å². The number of aryl methyl sites for hydroxylation is 4. The number of nitrogens with zero attached hydrogens (tertiary/aromatic N) is 9. The molecule has 4 atom stereocenters. The van der Waals surface area contributed by atoms with Crippen molar-refractivity contribution in [3.8, 4) is 69.5 Å². The van der Waals surface area contributed by atoms with Gasteiger partial charge in [-0.05, 0) is 271 Å². The Balaban J connectivity index is 0.000000118. The number of β-amino-alcohol motifs (C(OH)–C–C–N with tert-alkyl or cyclic N) is 4. The number of fused-ring (bicyclic) bond motifs is 6. The fraction of sp³-hybridized carbons (Fsp3) is 0.324. The van der Waals surface area contributed by atoms with Gasteiger partial charge >= 0.3 is 0 Å². The summed E-state index contributed by atoms with van der Waals surface area (Å²) in [6.07, 6.45) is 11.3. The van der Waals surface area contributed by atoms with Gasteiger partial charge in [-0.2, -0.15) is 0 Å². The van der Waals surface area contributed by atoms with E-state index < -0.39 is 24.4 Å². The quantitative estimate of drug-likeness (QED) is 0.0304. The van der Waals surface area contributed by atoms with Crippen LogP contribution in [0.1, 0.15) is 120 Å². The van der Waals surface area contributed by atoms with E-state index >= 15 is 0 Å². The average Bonchev–Trinajstić information content (AvgIpc) is 1.68. The summed E-state index contributed by atoms with van der Waals surface area (Å²) in [6.45, 7) is 18.2. The van der Waals surface area contributed by atoms with Crippen LogP contribution in [0.3, 0.4) is 0 Å². The van der Waals surface area contributed by atoms with E-state index in [0.717, 1.165) is 165 Å². The molecule has 22 rings (SSSR count). The molecule has 10 aromatic carbocycles. The van der Waals surface area contributed by atoms with Crippen molar-refractivity contribution in [2.75, 3.05) is 105 Å². The highest BCUT2D eigenvalue weighted by Gasteiger charge is 2.30. The first kappa shape index (κ1) is 95.3. The normalized spacial score (nSPS) is 16.2. The molecular formula is C111H113Cl3N10O15. The Hall–Kier alpha value is -12.6. The molecule has 4 saturated heterocycles. The molecule has 0 spiro atoms. The molecule has 4 aliphatic rings. The molecule has 0 saturated carbocycles. The summed E-state index contributed by atoms with van der Waals surface area (Å²) < 4.78 is 63.9. The van der Waals surface area contributed by atoms with E-state index in [1.807, 2.05) is 142 Å². The second-order valence-electron chi connectivity index (χ2n) is 36.8. The predicted octanol–water partition coefficient (Wildman–Crippen LogP) is 23.5. The molecule has 12 heterocycles. The molecule has 28 heteroatoms. The zero-order valence-electron chi connectivity index (χ0n) is 78.1. The molecule has 0 aliphatic carbocycles. The topological polar surface area (TPSA) is 303 Å². The van der Waals surface area contributed by atoms with Crippen molar-refractivity contribution in [2.24, 2.45) is 0 Å². The van der Waals surface area contributed by atoms with Crippen LogP contribution < -0.4 is 18.9 Å². The molecule has 8 aromatic heterocycles. The van der Waals surface area contributed by atoms with Gasteiger partial charge in [-0.15, -0.1) is 10.2 Å². The van der Waals surface area contributed by atoms with E-state index in [0.29, 0.717) is 141 Å². The lowest BCUT2D eigenvalue weighted by Gasteiger charge is -2.33. The number of aromatic nitrogens is 6. The molecule has 0 radical (unpaired) electrons. The first-order valence-electron chi connectivity index (χ1n) is 47.8. The second kappa shape index (κ2) is 44.3. The van der Waals surface area contributed by atoms with Crippen LogP contribution in [-0.4, -0.2) is 200 Å². The molecule has 718 valence electrons. The number of benzene rings is 10. The van der Waals surface area contributed by atoms with E-state index in [9.17, 15) is 20.4 Å². The molecule has 0 bridgehead atoms. The summed E-state index contributed by atoms with van der Waals surface area (Å²) in [6, 6.07) is 75.1. The molecule has 4 fully saturated rings. The van der Waals surface area contributed by atoms with Crippen LogP contribution in [0, 0.1) is 27.7 Å². The van der Waals surface area contributed by atoms with Gasteiger partial charge in [-0.25, -0.2) is 15.0 Å². The Labute approximate surface area is 820 Å². The zero-order chi connectivity index (χ0) is 95.4. The average molecular weight is 1930 g/mol. The third kappa shape index (κ3) is 23.9. The lowest BCUT2D eigenvalue weighted by atomic mass is 9.88. The molecule has 139 heavy (non-hydrogen) atoms. The number of aliphatic hydroxyl groups is 4. The predicted molar refractivity (Wildman–Crippen MR) is 541 cm³/mol. The van der Waals surface area contributed by atoms with Crippen molar-refractivity contribution in [3.05, 3.63) is 304 Å². The number of furan rings is 3. The van der Waals surface area contributed by atoms with Crippen LogP contribution >= 0.6 is 34.8 Å². The molecule has 0 amide bonds. The maximum absolute atomic E-state index is 10.7. The number of hydrogen-bond donors (Lipinski definition) is 5. The highest BCUT2D eigenvalue weighted by Crippen LogP contribution is 2.42. The number of nitrogens with one attached hydrogen (secondary N) is 1. The van der Waals surface area contributed by atoms with Gasteiger partial charge in [0.05, 0.1) is 44.8 Å². The van der Waals surface area contributed by atoms with Gasteiger partial charge in [0.1, 0.15) is 114 Å². The lowest BCUT2D eigenvalue weighted by molar-refractivity contribution is 0.0598. The fourth-order valence-electron chi connectivity index (χ4n) is 19.3. The van der Waals surface area contributed by atoms with E-state index in [1.54, 1.807) is 25.5 Å². The monoisotopic (exact) mass is 1930 g/mol. The van der Waals surface area contributed by atoms with Crippen molar-refractivity contribution in [1.29, 1.82) is 0 Å². The van der Waals surface area contributed by atoms with Gasteiger partial charge in [-0.1, -0.05) is 162 Å². The van der Waals surface area contributed by atoms with Gasteiger partial charge < -0.3 is 94.9 Å². The Morgan fingerprint density at radius 2 is 0.676 bits per heavy atom. The second-order valence-corrected chi connectivity index (χ2v) is 38.0. The standard InChI is InChI=1S/C30H30N2O4.C29H30N4O3.C26H26Cl2N2O4.C26H27ClN2O4/c1-20-17-31-30(35-20)29-16-26-27(7-4-8-28(26)36-29)34-19-25(33)18-32-13-11-22(12-14-32)24-10-9-21-5-2-3-6-23(21)15-24;1-19-31-32-29(36-19)27-16-25-26(30-27)7-4-8-28(25)35-18-24(34)17-33-13-11-21(12-14-33)23-10-9-20-5-2-3-6-22(20)15-23;1-16-13-29-26(33-16)25-12-20-23(3-2-4-24(20)34-25)32-15-19(31)14-30-9-7-17(8-10-30)18-5-6-21(27)22(28)11-18;1-17-14-28-26(32-17)25-13-22-23(3-2-4-24(22)33-25)31-16-21(30)15-29-11-9-19(10-12-29)18-5-7-20(27)8-6-18/h2-10,15-17,22,25,33H,11-14,18-19H2,1H3;2-10,15-16,21,24,30,34H,11-14,17-18H2,1H3;2-6,11-13,17,19,31H,7-10,14-15H2,1H3;2-8,13-14,19,21,30H,9-12,15-16H2,1H3/t25-;24-;19-;21-/m0100/s1. The maximum atomic E-state index is 10.7. The summed E-state index contributed by atoms with van der Waals surface area (Å²) in [4.78, 5) is 25.3. The minimum Gasteiger partial charge on any atom is -0.490 e. The number of aliphatic hydroxyl groups excluding tert-OH is 4. The number of rotatable bonds is 28. The highest BCUT2D eigenvalue weighted by molar-refractivity contribution is 6.42. The number of H-pyrrole nitrogens is 1. The number of ether oxygens (including phenoxy) is 4. The van der Waals surface area contributed by atoms with Crippen LogP contribution in [0.5, 0.6) is 23.0 Å². The third-order valence-corrected chi connectivity index (χ3v) is 27.6. The highest BCUT2D eigenvalue weighted by atomic mass is 35.5. The van der Waals surface area contributed by atoms with E-state index in [1.165, 1.54) is 43.8 Å². The summed E-state index contributed by atoms with van der Waals surface area (Å²) in [5.41, 5.74) is 9.15. The number of piperidine rings is 4. The van der Waals surface area contributed by atoms with Crippen molar-refractivity contribution < 1.29 is 70.3 Å². The first-order chi connectivity index (χ1) is 67.7. The molecule has 0 unspecified atom stereocenters. The van der Waals surface area contributed by atoms with Crippen LogP contribution in [0.25, 0.3) is 112 Å². The van der Waals surface area contributed by atoms with E-state index in [4.69, 9.17) is 84.7 Å². The van der Waals surface area contributed by atoms with Crippen LogP contribution in [0.15, 0.2) is 274 Å². The number of likely N-dealkylation sites (tertiary alicyclic amines) is 4. The molecular weight excluding hydrogens is 1820 g/mol. The summed E-state index contributed by atoms with van der Waals surface area (Å²) in [5, 5.41) is 61.2. The molecule has 25 nitrogen and oxygen atoms in total. The Morgan fingerprint density at radius 1 is 0.331 bits per heavy atom. The van der Waals surface area contributed by atoms with E-state index in [2.05, 4.69) is 153 Å². The largest absolute Gasteiger partial charge is 0.490 e. The summed E-state index contributed by atoms with van der Waals surface area (Å²) in [7, 11) is 0. The lowest BCUT2D eigenvalue weighted by Crippen LogP contribution is -2.40. The summed E-state index contributed by atoms with van der Waals surface area (Å²) in [5.74, 6) is 11.0. The van der Waals surface area contributed by atoms with Gasteiger partial charge in [0.25, 0.3) is 23.6 Å². The SMILES string of the molecule is Cc1cnc(-c2cc3c(OC[C@@H](O)CN4CCC(c5ccc(Cl)c(Cl)c5)CC4)cccc3o2)o1.Cc1cnc(-c2cc3c(OC[C@@H](O)CN4CCC(c5ccc(Cl)cc5)CC4)cccc3o2)o1.Cc1cnc(-c2cc3c(OC[C@@H](O)CN4CCC(c5ccc6ccccc6c5)CC4)cccc3o2)o1.Cc1nnc(-c2cc3c(OC[C@H](O)CN4CCC(c5ccc6ccccc6c5)CC4)cccc3[nH]2)o1. The van der Waals surface area contributed by atoms with Crippen molar-refractivity contribution in [1.82, 2.24) is 49.7 Å². The number of aromatic amines is 1. The van der Waals surface area contributed by atoms with Crippen molar-refractivity contribution in [2.45, 2.75) is 127 Å². The summed E-state index contributed by atoms with van der Waals surface area (Å²) >= 11 is 18.2. The van der Waals surface area contributed by atoms with Crippen LogP contribution in [0.4, 0.5) is 0 Å². The smallest absolute Gasteiger partial charge is 0.264 e. The Kier molecular flexibility index (Phi) is 30.4. The first-order valence-corrected chi connectivity index (χ1v) is 49.0. The fourth-order valence-corrected chi connectivity index (χ4v) is 19.8. The van der Waals surface area contributed by atoms with E-state index in [-0.39, 0.29) is 26.4 Å². The van der Waals surface area contributed by atoms with Crippen molar-refractivity contribution in [3.63, 3.8) is 0 Å². The Morgan fingerprint density at radius 3 is 1.04 bits per heavy atom. The Bertz CT molecular complexity index is 6900. The minimum absolute atomic E-state index is 0.199. The number of oxazole rings is 3. The minimum atomic E-state index is -0.599. The molecule has 18 aromatic rings. The maximum Gasteiger partial charge on any atom is 0.264 e. The molecule has 4 aliphatic heterocycles. The van der Waals surface area contributed by atoms with Gasteiger partial charge in [-0.3, -0.25) is 0 Å². The van der Waals surface area contributed by atoms with Crippen LogP contribution in [-0.2, 0) is 0 Å². The zero-order valence-corrected chi connectivity index (χ0v) is 80.4. The third-order valence-electron chi connectivity index (χ3n) is 26.6. The van der Waals surface area contributed by atoms with Gasteiger partial charge in [0.15, 0.2) is 17.3 Å².